The molecule has 2 nitrogen and oxygen atoms in total. The van der Waals surface area contributed by atoms with Crippen molar-refractivity contribution in [3.8, 4) is 12.3 Å². The highest BCUT2D eigenvalue weighted by atomic mass is 14.9. The van der Waals surface area contributed by atoms with Crippen LogP contribution >= 0.6 is 0 Å². The van der Waals surface area contributed by atoms with E-state index in [0.29, 0.717) is 0 Å². The van der Waals surface area contributed by atoms with Gasteiger partial charge < -0.3 is 4.98 Å². The number of nitrogens with one attached hydrogen (secondary N) is 1. The lowest BCUT2D eigenvalue weighted by Gasteiger charge is -1.94. The van der Waals surface area contributed by atoms with Gasteiger partial charge in [-0.25, -0.2) is 4.98 Å². The number of imidazole rings is 1. The molecule has 0 aliphatic heterocycles. The summed E-state index contributed by atoms with van der Waals surface area (Å²) in [5, 5.41) is 0. The van der Waals surface area contributed by atoms with Crippen LogP contribution in [0.25, 0.3) is 0 Å². The molecule has 1 atom stereocenters. The predicted molar refractivity (Wildman–Crippen MR) is 35.8 cm³/mol. The molecule has 0 amide bonds. The maximum absolute atomic E-state index is 5.15. The van der Waals surface area contributed by atoms with Gasteiger partial charge in [-0.1, -0.05) is 5.92 Å². The molecule has 0 aliphatic carbocycles. The Hall–Kier alpha value is -1.23. The van der Waals surface area contributed by atoms with E-state index in [2.05, 4.69) is 15.9 Å². The average molecular weight is 120 g/mol. The van der Waals surface area contributed by atoms with Gasteiger partial charge in [-0.05, 0) is 6.92 Å². The van der Waals surface area contributed by atoms with E-state index in [1.165, 1.54) is 0 Å². The van der Waals surface area contributed by atoms with Crippen molar-refractivity contribution in [2.45, 2.75) is 12.8 Å². The van der Waals surface area contributed by atoms with E-state index in [1.54, 1.807) is 12.4 Å². The van der Waals surface area contributed by atoms with E-state index in [-0.39, 0.29) is 5.92 Å². The van der Waals surface area contributed by atoms with Gasteiger partial charge in [-0.15, -0.1) is 6.42 Å². The largest absolute Gasteiger partial charge is 0.348 e. The van der Waals surface area contributed by atoms with Crippen LogP contribution in [0.4, 0.5) is 0 Å². The lowest BCUT2D eigenvalue weighted by molar-refractivity contribution is 0.898. The Morgan fingerprint density at radius 2 is 2.67 bits per heavy atom. The van der Waals surface area contributed by atoms with Gasteiger partial charge in [0, 0.05) is 12.4 Å². The number of H-pyrrole nitrogens is 1. The Morgan fingerprint density at radius 3 is 3.11 bits per heavy atom. The van der Waals surface area contributed by atoms with Crippen molar-refractivity contribution in [2.75, 3.05) is 0 Å². The van der Waals surface area contributed by atoms with Crippen LogP contribution in [-0.2, 0) is 0 Å². The molecular formula is C7H8N2. The molecule has 0 spiro atoms. The molecule has 0 aliphatic rings. The zero-order valence-corrected chi connectivity index (χ0v) is 5.26. The van der Waals surface area contributed by atoms with Crippen LogP contribution in [0.3, 0.4) is 0 Å². The summed E-state index contributed by atoms with van der Waals surface area (Å²) in [6.07, 6.45) is 8.62. The van der Waals surface area contributed by atoms with Crippen LogP contribution in [-0.4, -0.2) is 9.97 Å². The second-order valence-electron chi connectivity index (χ2n) is 1.86. The minimum absolute atomic E-state index is 0.0972. The van der Waals surface area contributed by atoms with Crippen LogP contribution in [0.15, 0.2) is 12.4 Å². The number of aromatic amines is 1. The SMILES string of the molecule is C#CC(C)c1ncc[nH]1. The Kier molecular flexibility index (Phi) is 1.55. The summed E-state index contributed by atoms with van der Waals surface area (Å²) in [4.78, 5) is 6.92. The predicted octanol–water partition coefficient (Wildman–Crippen LogP) is 1.15. The third-order valence-electron chi connectivity index (χ3n) is 1.18. The highest BCUT2D eigenvalue weighted by Crippen LogP contribution is 2.05. The molecule has 46 valence electrons. The van der Waals surface area contributed by atoms with E-state index >= 15 is 0 Å². The maximum atomic E-state index is 5.15. The van der Waals surface area contributed by atoms with Crippen LogP contribution in [0.5, 0.6) is 0 Å². The highest BCUT2D eigenvalue weighted by molar-refractivity contribution is 5.09. The first-order chi connectivity index (χ1) is 4.34. The van der Waals surface area contributed by atoms with Crippen molar-refractivity contribution >= 4 is 0 Å². The first-order valence-corrected chi connectivity index (χ1v) is 2.80. The first kappa shape index (κ1) is 5.90. The fourth-order valence-electron chi connectivity index (χ4n) is 0.593. The molecule has 0 fully saturated rings. The van der Waals surface area contributed by atoms with Crippen molar-refractivity contribution in [3.05, 3.63) is 18.2 Å². The third-order valence-corrected chi connectivity index (χ3v) is 1.18. The molecule has 1 aromatic heterocycles. The lowest BCUT2D eigenvalue weighted by Crippen LogP contribution is -1.90. The number of hydrogen-bond acceptors (Lipinski definition) is 1. The van der Waals surface area contributed by atoms with Crippen LogP contribution in [0, 0.1) is 12.3 Å². The molecule has 1 heterocycles. The number of rotatable bonds is 1. The van der Waals surface area contributed by atoms with Gasteiger partial charge in [-0.3, -0.25) is 0 Å². The van der Waals surface area contributed by atoms with Crippen molar-refractivity contribution < 1.29 is 0 Å². The van der Waals surface area contributed by atoms with Crippen molar-refractivity contribution in [1.29, 1.82) is 0 Å². The number of hydrogen-bond donors (Lipinski definition) is 1. The molecule has 0 bridgehead atoms. The molecule has 9 heavy (non-hydrogen) atoms. The first-order valence-electron chi connectivity index (χ1n) is 2.80. The molecule has 0 saturated carbocycles. The molecule has 1 N–H and O–H groups in total. The molecule has 2 heteroatoms. The standard InChI is InChI=1S/C7H8N2/c1-3-6(2)7-8-4-5-9-7/h1,4-6H,2H3,(H,8,9). The molecule has 0 saturated heterocycles. The molecule has 1 aromatic rings. The van der Waals surface area contributed by atoms with Crippen molar-refractivity contribution in [3.63, 3.8) is 0 Å². The molecule has 0 radical (unpaired) electrons. The van der Waals surface area contributed by atoms with Crippen LogP contribution in [0.2, 0.25) is 0 Å². The summed E-state index contributed by atoms with van der Waals surface area (Å²) in [5.74, 6) is 3.53. The smallest absolute Gasteiger partial charge is 0.120 e. The van der Waals surface area contributed by atoms with Gasteiger partial charge in [0.25, 0.3) is 0 Å². The Bertz CT molecular complexity index is 205. The zero-order chi connectivity index (χ0) is 6.69. The van der Waals surface area contributed by atoms with E-state index in [4.69, 9.17) is 6.42 Å². The fourth-order valence-corrected chi connectivity index (χ4v) is 0.593. The lowest BCUT2D eigenvalue weighted by atomic mass is 10.2. The van der Waals surface area contributed by atoms with Gasteiger partial charge in [0.05, 0.1) is 5.92 Å². The van der Waals surface area contributed by atoms with E-state index in [9.17, 15) is 0 Å². The van der Waals surface area contributed by atoms with Gasteiger partial charge in [0.2, 0.25) is 0 Å². The van der Waals surface area contributed by atoms with E-state index in [0.717, 1.165) is 5.82 Å². The van der Waals surface area contributed by atoms with Crippen LogP contribution in [0.1, 0.15) is 18.7 Å². The quantitative estimate of drug-likeness (QED) is 0.553. The second kappa shape index (κ2) is 2.36. The van der Waals surface area contributed by atoms with E-state index < -0.39 is 0 Å². The Morgan fingerprint density at radius 1 is 1.89 bits per heavy atom. The number of nitrogens with zero attached hydrogens (tertiary/aromatic N) is 1. The van der Waals surface area contributed by atoms with Gasteiger partial charge in [-0.2, -0.15) is 0 Å². The fraction of sp³-hybridized carbons (Fsp3) is 0.286. The normalized spacial score (nSPS) is 12.4. The van der Waals surface area contributed by atoms with Crippen LogP contribution < -0.4 is 0 Å². The topological polar surface area (TPSA) is 28.7 Å². The summed E-state index contributed by atoms with van der Waals surface area (Å²) >= 11 is 0. The van der Waals surface area contributed by atoms with Gasteiger partial charge >= 0.3 is 0 Å². The average Bonchev–Trinajstić information content (AvgIpc) is 2.37. The monoisotopic (exact) mass is 120 g/mol. The van der Waals surface area contributed by atoms with Crippen molar-refractivity contribution in [1.82, 2.24) is 9.97 Å². The molecular weight excluding hydrogens is 112 g/mol. The maximum Gasteiger partial charge on any atom is 0.120 e. The molecule has 0 aromatic carbocycles. The third kappa shape index (κ3) is 1.11. The summed E-state index contributed by atoms with van der Waals surface area (Å²) in [7, 11) is 0. The molecule has 1 unspecified atom stereocenters. The van der Waals surface area contributed by atoms with Gasteiger partial charge in [0.1, 0.15) is 5.82 Å². The summed E-state index contributed by atoms with van der Waals surface area (Å²) in [6.45, 7) is 1.93. The zero-order valence-electron chi connectivity index (χ0n) is 5.26. The second-order valence-corrected chi connectivity index (χ2v) is 1.86. The summed E-state index contributed by atoms with van der Waals surface area (Å²) < 4.78 is 0. The highest BCUT2D eigenvalue weighted by Gasteiger charge is 2.00. The minimum atomic E-state index is 0.0972. The number of terminal acetylenes is 1. The number of aromatic nitrogens is 2. The Balaban J connectivity index is 2.80. The summed E-state index contributed by atoms with van der Waals surface area (Å²) in [5.41, 5.74) is 0. The minimum Gasteiger partial charge on any atom is -0.348 e. The van der Waals surface area contributed by atoms with E-state index in [1.807, 2.05) is 6.92 Å². The summed E-state index contributed by atoms with van der Waals surface area (Å²) in [6, 6.07) is 0. The van der Waals surface area contributed by atoms with Crippen molar-refractivity contribution in [2.24, 2.45) is 0 Å². The molecule has 1 rings (SSSR count). The Labute approximate surface area is 54.3 Å². The van der Waals surface area contributed by atoms with Gasteiger partial charge in [0.15, 0.2) is 0 Å².